The lowest BCUT2D eigenvalue weighted by Gasteiger charge is -2.46. The second-order valence-electron chi connectivity index (χ2n) is 7.21. The van der Waals surface area contributed by atoms with E-state index in [4.69, 9.17) is 5.73 Å². The Morgan fingerprint density at radius 3 is 2.50 bits per heavy atom. The fraction of sp³-hybridized carbons (Fsp3) is 0.286. The number of nitrogens with two attached hydrogens (primary N) is 1. The molecule has 4 rings (SSSR count). The van der Waals surface area contributed by atoms with Gasteiger partial charge in [-0.1, -0.05) is 0 Å². The fourth-order valence-electron chi connectivity index (χ4n) is 3.94. The van der Waals surface area contributed by atoms with Gasteiger partial charge in [0.2, 0.25) is 5.91 Å². The molecule has 0 aromatic heterocycles. The minimum atomic E-state index is -0.517. The number of nitrogens with zero attached hydrogens (tertiary/aromatic N) is 2. The van der Waals surface area contributed by atoms with E-state index < -0.39 is 5.91 Å². The summed E-state index contributed by atoms with van der Waals surface area (Å²) in [6.45, 7) is 0.775. The molecule has 144 valence electrons. The Hall–Kier alpha value is -3.35. The number of carbonyl (C=O) groups excluding carboxylic acids is 3. The lowest BCUT2D eigenvalue weighted by molar-refractivity contribution is 0.0589. The number of amides is 3. The van der Waals surface area contributed by atoms with E-state index in [1.807, 2.05) is 11.9 Å². The molecule has 2 heterocycles. The van der Waals surface area contributed by atoms with E-state index in [0.717, 1.165) is 31.5 Å². The van der Waals surface area contributed by atoms with Crippen LogP contribution in [0.3, 0.4) is 0 Å². The molecule has 1 fully saturated rings. The number of primary amides is 1. The van der Waals surface area contributed by atoms with E-state index in [2.05, 4.69) is 10.2 Å². The summed E-state index contributed by atoms with van der Waals surface area (Å²) in [7, 11) is 1.97. The normalized spacial score (nSPS) is 18.3. The van der Waals surface area contributed by atoms with E-state index >= 15 is 0 Å². The maximum Gasteiger partial charge on any atom is 0.257 e. The smallest absolute Gasteiger partial charge is 0.257 e. The maximum atomic E-state index is 12.8. The first-order chi connectivity index (χ1) is 13.5. The Morgan fingerprint density at radius 1 is 1.07 bits per heavy atom. The van der Waals surface area contributed by atoms with Crippen LogP contribution in [-0.2, 0) is 0 Å². The van der Waals surface area contributed by atoms with Gasteiger partial charge in [0, 0.05) is 30.4 Å². The van der Waals surface area contributed by atoms with Gasteiger partial charge < -0.3 is 20.9 Å². The van der Waals surface area contributed by atoms with E-state index in [-0.39, 0.29) is 18.0 Å². The zero-order valence-corrected chi connectivity index (χ0v) is 15.6. The molecule has 28 heavy (non-hydrogen) atoms. The molecule has 3 amide bonds. The van der Waals surface area contributed by atoms with Gasteiger partial charge in [-0.3, -0.25) is 14.4 Å². The van der Waals surface area contributed by atoms with Crippen molar-refractivity contribution in [3.8, 4) is 0 Å². The third kappa shape index (κ3) is 3.09. The summed E-state index contributed by atoms with van der Waals surface area (Å²) >= 11 is 0. The number of carbonyl (C=O) groups is 3. The van der Waals surface area contributed by atoms with Crippen molar-refractivity contribution >= 4 is 29.1 Å². The number of anilines is 2. The predicted molar refractivity (Wildman–Crippen MR) is 106 cm³/mol. The molecule has 3 N–H and O–H groups in total. The lowest BCUT2D eigenvalue weighted by atomic mass is 9.97. The van der Waals surface area contributed by atoms with Gasteiger partial charge in [-0.15, -0.1) is 0 Å². The Labute approximate surface area is 163 Å². The standard InChI is InChI=1S/C21H22N4O3/c1-24-17-12-14(20(27)23-15-8-5-13(6-9-15)19(22)26)7-10-16(17)21(28)25-11-3-2-4-18(24)25/h5-10,12,18H,2-4,11H2,1H3,(H2,22,26)(H,23,27). The number of hydrogen-bond acceptors (Lipinski definition) is 4. The van der Waals surface area contributed by atoms with Crippen molar-refractivity contribution < 1.29 is 14.4 Å². The minimum Gasteiger partial charge on any atom is -0.366 e. The largest absolute Gasteiger partial charge is 0.366 e. The van der Waals surface area contributed by atoms with Crippen LogP contribution in [0.15, 0.2) is 42.5 Å². The molecule has 2 aliphatic rings. The molecule has 7 heteroatoms. The second kappa shape index (κ2) is 6.99. The maximum absolute atomic E-state index is 12.8. The molecular formula is C21H22N4O3. The molecule has 1 atom stereocenters. The van der Waals surface area contributed by atoms with Gasteiger partial charge in [-0.05, 0) is 61.7 Å². The first kappa shape index (κ1) is 18.0. The number of rotatable bonds is 3. The molecule has 0 radical (unpaired) electrons. The van der Waals surface area contributed by atoms with Crippen LogP contribution in [0.2, 0.25) is 0 Å². The van der Waals surface area contributed by atoms with Gasteiger partial charge in [-0.25, -0.2) is 0 Å². The molecule has 0 spiro atoms. The van der Waals surface area contributed by atoms with Gasteiger partial charge >= 0.3 is 0 Å². The monoisotopic (exact) mass is 378 g/mol. The molecule has 1 unspecified atom stereocenters. The topological polar surface area (TPSA) is 95.7 Å². The van der Waals surface area contributed by atoms with Crippen LogP contribution in [0.5, 0.6) is 0 Å². The Kier molecular flexibility index (Phi) is 4.50. The highest BCUT2D eigenvalue weighted by atomic mass is 16.2. The van der Waals surface area contributed by atoms with E-state index in [1.165, 1.54) is 0 Å². The molecule has 2 aromatic rings. The Morgan fingerprint density at radius 2 is 1.79 bits per heavy atom. The number of nitrogens with one attached hydrogen (secondary N) is 1. The second-order valence-corrected chi connectivity index (χ2v) is 7.21. The summed E-state index contributed by atoms with van der Waals surface area (Å²) in [4.78, 5) is 40.7. The molecule has 1 saturated heterocycles. The predicted octanol–water partition coefficient (Wildman–Crippen LogP) is 2.44. The summed E-state index contributed by atoms with van der Waals surface area (Å²) < 4.78 is 0. The summed E-state index contributed by atoms with van der Waals surface area (Å²) in [5.41, 5.74) is 8.06. The fourth-order valence-corrected chi connectivity index (χ4v) is 3.94. The van der Waals surface area contributed by atoms with Crippen molar-refractivity contribution in [1.29, 1.82) is 0 Å². The van der Waals surface area contributed by atoms with Crippen molar-refractivity contribution in [2.24, 2.45) is 5.73 Å². The third-order valence-corrected chi connectivity index (χ3v) is 5.48. The van der Waals surface area contributed by atoms with E-state index in [0.29, 0.717) is 22.4 Å². The van der Waals surface area contributed by atoms with E-state index in [1.54, 1.807) is 42.5 Å². The molecule has 7 nitrogen and oxygen atoms in total. The molecule has 2 aromatic carbocycles. The van der Waals surface area contributed by atoms with Crippen molar-refractivity contribution in [1.82, 2.24) is 4.90 Å². The van der Waals surface area contributed by atoms with Crippen LogP contribution in [0.4, 0.5) is 11.4 Å². The zero-order valence-electron chi connectivity index (χ0n) is 15.6. The van der Waals surface area contributed by atoms with Gasteiger partial charge in [0.1, 0.15) is 6.17 Å². The van der Waals surface area contributed by atoms with E-state index in [9.17, 15) is 14.4 Å². The summed E-state index contributed by atoms with van der Waals surface area (Å²) in [6.07, 6.45) is 3.11. The number of benzene rings is 2. The average Bonchev–Trinajstić information content (AvgIpc) is 2.72. The molecule has 0 saturated carbocycles. The van der Waals surface area contributed by atoms with Gasteiger partial charge in [0.25, 0.3) is 11.8 Å². The molecule has 0 aliphatic carbocycles. The first-order valence-electron chi connectivity index (χ1n) is 9.35. The number of piperidine rings is 1. The van der Waals surface area contributed by atoms with Crippen LogP contribution in [0.25, 0.3) is 0 Å². The highest BCUT2D eigenvalue weighted by Crippen LogP contribution is 2.34. The highest BCUT2D eigenvalue weighted by molar-refractivity contribution is 6.08. The summed E-state index contributed by atoms with van der Waals surface area (Å²) in [6, 6.07) is 11.6. The highest BCUT2D eigenvalue weighted by Gasteiger charge is 2.37. The van der Waals surface area contributed by atoms with Crippen molar-refractivity contribution in [2.75, 3.05) is 23.8 Å². The van der Waals surface area contributed by atoms with Crippen molar-refractivity contribution in [3.05, 3.63) is 59.2 Å². The van der Waals surface area contributed by atoms with Gasteiger partial charge in [0.05, 0.1) is 11.3 Å². The van der Waals surface area contributed by atoms with Gasteiger partial charge in [-0.2, -0.15) is 0 Å². The van der Waals surface area contributed by atoms with Crippen LogP contribution in [0, 0.1) is 0 Å². The average molecular weight is 378 g/mol. The van der Waals surface area contributed by atoms with Crippen LogP contribution in [-0.4, -0.2) is 42.4 Å². The van der Waals surface area contributed by atoms with Crippen LogP contribution < -0.4 is 16.0 Å². The van der Waals surface area contributed by atoms with Crippen molar-refractivity contribution in [2.45, 2.75) is 25.4 Å². The SMILES string of the molecule is CN1c2cc(C(=O)Nc3ccc(C(N)=O)cc3)ccc2C(=O)N2CCCCC21. The summed E-state index contributed by atoms with van der Waals surface area (Å²) in [5.74, 6) is -0.759. The van der Waals surface area contributed by atoms with Gasteiger partial charge in [0.15, 0.2) is 0 Å². The quantitative estimate of drug-likeness (QED) is 0.857. The zero-order chi connectivity index (χ0) is 19.8. The molecular weight excluding hydrogens is 356 g/mol. The number of fused-ring (bicyclic) bond motifs is 2. The van der Waals surface area contributed by atoms with Crippen molar-refractivity contribution in [3.63, 3.8) is 0 Å². The Bertz CT molecular complexity index is 955. The Balaban J connectivity index is 1.58. The van der Waals surface area contributed by atoms with Crippen LogP contribution >= 0.6 is 0 Å². The molecule has 0 bridgehead atoms. The summed E-state index contributed by atoms with van der Waals surface area (Å²) in [5, 5.41) is 2.81. The number of hydrogen-bond donors (Lipinski definition) is 2. The molecule has 2 aliphatic heterocycles. The third-order valence-electron chi connectivity index (χ3n) is 5.48. The lowest BCUT2D eigenvalue weighted by Crippen LogP contribution is -2.55. The minimum absolute atomic E-state index is 0.0341. The van der Waals surface area contributed by atoms with Crippen LogP contribution in [0.1, 0.15) is 50.3 Å². The first-order valence-corrected chi connectivity index (χ1v) is 9.35.